The van der Waals surface area contributed by atoms with Gasteiger partial charge in [-0.25, -0.2) is 9.78 Å². The lowest BCUT2D eigenvalue weighted by molar-refractivity contribution is 0.641. The molecule has 3 heterocycles. The van der Waals surface area contributed by atoms with E-state index in [-0.39, 0.29) is 6.54 Å². The third-order valence-corrected chi connectivity index (χ3v) is 4.43. The maximum Gasteiger partial charge on any atom is 0.332 e. The summed E-state index contributed by atoms with van der Waals surface area (Å²) in [7, 11) is 1.56. The number of aryl methyl sites for hydroxylation is 2. The molecule has 0 unspecified atom stereocenters. The minimum Gasteiger partial charge on any atom is -0.313 e. The minimum atomic E-state index is -0.504. The molecule has 8 nitrogen and oxygen atoms in total. The van der Waals surface area contributed by atoms with Crippen molar-refractivity contribution in [3.05, 3.63) is 55.2 Å². The van der Waals surface area contributed by atoms with E-state index in [0.29, 0.717) is 33.7 Å². The van der Waals surface area contributed by atoms with Crippen molar-refractivity contribution in [1.29, 1.82) is 5.26 Å². The highest BCUT2D eigenvalue weighted by Crippen LogP contribution is 2.16. The molecule has 0 atom stereocenters. The van der Waals surface area contributed by atoms with Gasteiger partial charge in [-0.2, -0.15) is 5.26 Å². The standard InChI is InChI=1S/C15H13BrN6O2/c1-3-21-11-12(19-14(21)16)20(2)15(24)22(13(11)23)8-10-9(7-17)5-4-6-18-10/h4-6H,3,8H2,1-2H3. The zero-order valence-corrected chi connectivity index (χ0v) is 14.6. The van der Waals surface area contributed by atoms with Crippen molar-refractivity contribution in [3.63, 3.8) is 0 Å². The number of rotatable bonds is 3. The van der Waals surface area contributed by atoms with Crippen molar-refractivity contribution in [2.45, 2.75) is 20.0 Å². The lowest BCUT2D eigenvalue weighted by Crippen LogP contribution is -2.40. The van der Waals surface area contributed by atoms with Crippen LogP contribution in [0.1, 0.15) is 18.2 Å². The topological polar surface area (TPSA) is 98.5 Å². The number of hydrogen-bond acceptors (Lipinski definition) is 5. The van der Waals surface area contributed by atoms with Crippen LogP contribution in [0.3, 0.4) is 0 Å². The van der Waals surface area contributed by atoms with Gasteiger partial charge in [0, 0.05) is 19.8 Å². The van der Waals surface area contributed by atoms with Gasteiger partial charge in [0.2, 0.25) is 0 Å². The summed E-state index contributed by atoms with van der Waals surface area (Å²) in [6, 6.07) is 5.26. The largest absolute Gasteiger partial charge is 0.332 e. The van der Waals surface area contributed by atoms with E-state index in [2.05, 4.69) is 25.9 Å². The Morgan fingerprint density at radius 1 is 1.33 bits per heavy atom. The van der Waals surface area contributed by atoms with Crippen LogP contribution in [0.25, 0.3) is 11.2 Å². The van der Waals surface area contributed by atoms with Crippen LogP contribution in [0, 0.1) is 11.3 Å². The highest BCUT2D eigenvalue weighted by molar-refractivity contribution is 9.10. The fourth-order valence-electron chi connectivity index (χ4n) is 2.59. The van der Waals surface area contributed by atoms with Crippen molar-refractivity contribution in [2.24, 2.45) is 7.05 Å². The van der Waals surface area contributed by atoms with E-state index in [4.69, 9.17) is 5.26 Å². The monoisotopic (exact) mass is 388 g/mol. The normalized spacial score (nSPS) is 10.9. The van der Waals surface area contributed by atoms with E-state index >= 15 is 0 Å². The number of halogens is 1. The van der Waals surface area contributed by atoms with Gasteiger partial charge >= 0.3 is 5.69 Å². The van der Waals surface area contributed by atoms with Crippen molar-refractivity contribution in [1.82, 2.24) is 23.7 Å². The van der Waals surface area contributed by atoms with Crippen LogP contribution in [0.2, 0.25) is 0 Å². The Kier molecular flexibility index (Phi) is 4.07. The lowest BCUT2D eigenvalue weighted by atomic mass is 10.2. The molecule has 0 saturated heterocycles. The first-order valence-corrected chi connectivity index (χ1v) is 7.98. The van der Waals surface area contributed by atoms with Crippen LogP contribution in [-0.2, 0) is 20.1 Å². The van der Waals surface area contributed by atoms with E-state index < -0.39 is 11.2 Å². The molecular weight excluding hydrogens is 376 g/mol. The third kappa shape index (κ3) is 2.35. The van der Waals surface area contributed by atoms with Gasteiger partial charge in [0.1, 0.15) is 6.07 Å². The molecule has 122 valence electrons. The van der Waals surface area contributed by atoms with Gasteiger partial charge in [-0.1, -0.05) is 0 Å². The Labute approximate surface area is 144 Å². The quantitative estimate of drug-likeness (QED) is 0.623. The minimum absolute atomic E-state index is 0.0717. The molecule has 0 N–H and O–H groups in total. The van der Waals surface area contributed by atoms with E-state index in [1.807, 2.05) is 13.0 Å². The summed E-state index contributed by atoms with van der Waals surface area (Å²) in [4.78, 5) is 33.8. The number of imidazole rings is 1. The summed E-state index contributed by atoms with van der Waals surface area (Å²) >= 11 is 3.31. The first-order valence-electron chi connectivity index (χ1n) is 7.19. The van der Waals surface area contributed by atoms with Crippen LogP contribution >= 0.6 is 15.9 Å². The van der Waals surface area contributed by atoms with Crippen LogP contribution in [0.15, 0.2) is 32.7 Å². The number of aromatic nitrogens is 5. The number of pyridine rings is 1. The van der Waals surface area contributed by atoms with Crippen molar-refractivity contribution in [2.75, 3.05) is 0 Å². The molecule has 24 heavy (non-hydrogen) atoms. The van der Waals surface area contributed by atoms with Gasteiger partial charge in [0.25, 0.3) is 5.56 Å². The molecule has 0 bridgehead atoms. The van der Waals surface area contributed by atoms with Crippen molar-refractivity contribution >= 4 is 27.1 Å². The molecule has 0 radical (unpaired) electrons. The maximum atomic E-state index is 12.9. The summed E-state index contributed by atoms with van der Waals surface area (Å²) < 4.78 is 4.58. The van der Waals surface area contributed by atoms with Crippen molar-refractivity contribution in [3.8, 4) is 6.07 Å². The van der Waals surface area contributed by atoms with E-state index in [0.717, 1.165) is 4.57 Å². The molecule has 3 rings (SSSR count). The molecule has 0 aliphatic carbocycles. The number of nitrogens with zero attached hydrogens (tertiary/aromatic N) is 6. The second kappa shape index (κ2) is 6.05. The van der Waals surface area contributed by atoms with Gasteiger partial charge in [0.15, 0.2) is 15.9 Å². The molecule has 0 amide bonds. The molecule has 3 aromatic heterocycles. The highest BCUT2D eigenvalue weighted by Gasteiger charge is 2.19. The Morgan fingerprint density at radius 3 is 2.75 bits per heavy atom. The summed E-state index contributed by atoms with van der Waals surface area (Å²) in [5.41, 5.74) is 0.396. The van der Waals surface area contributed by atoms with Crippen LogP contribution < -0.4 is 11.2 Å². The van der Waals surface area contributed by atoms with Crippen LogP contribution in [0.4, 0.5) is 0 Å². The summed E-state index contributed by atoms with van der Waals surface area (Å²) in [5.74, 6) is 0. The average Bonchev–Trinajstić information content (AvgIpc) is 2.93. The van der Waals surface area contributed by atoms with Gasteiger partial charge in [0.05, 0.1) is 17.8 Å². The predicted octanol–water partition coefficient (Wildman–Crippen LogP) is 0.994. The second-order valence-electron chi connectivity index (χ2n) is 5.14. The molecule has 0 aliphatic heterocycles. The summed E-state index contributed by atoms with van der Waals surface area (Å²) in [5, 5.41) is 9.17. The van der Waals surface area contributed by atoms with Gasteiger partial charge in [-0.15, -0.1) is 0 Å². The van der Waals surface area contributed by atoms with Gasteiger partial charge < -0.3 is 4.57 Å². The third-order valence-electron chi connectivity index (χ3n) is 3.82. The first kappa shape index (κ1) is 16.1. The van der Waals surface area contributed by atoms with Crippen LogP contribution in [-0.4, -0.2) is 23.7 Å². The number of nitriles is 1. The zero-order chi connectivity index (χ0) is 17.4. The highest BCUT2D eigenvalue weighted by atomic mass is 79.9. The van der Waals surface area contributed by atoms with Crippen LogP contribution in [0.5, 0.6) is 0 Å². The van der Waals surface area contributed by atoms with E-state index in [1.54, 1.807) is 23.7 Å². The molecule has 0 spiro atoms. The molecule has 0 fully saturated rings. The Balaban J connectivity index is 2.32. The zero-order valence-electron chi connectivity index (χ0n) is 13.0. The fraction of sp³-hybridized carbons (Fsp3) is 0.267. The fourth-order valence-corrected chi connectivity index (χ4v) is 3.18. The Hall–Kier alpha value is -2.73. The van der Waals surface area contributed by atoms with E-state index in [1.165, 1.54) is 10.8 Å². The average molecular weight is 389 g/mol. The molecular formula is C15H13BrN6O2. The van der Waals surface area contributed by atoms with E-state index in [9.17, 15) is 9.59 Å². The Morgan fingerprint density at radius 2 is 2.08 bits per heavy atom. The lowest BCUT2D eigenvalue weighted by Gasteiger charge is -2.09. The molecule has 0 aliphatic rings. The molecule has 0 saturated carbocycles. The first-order chi connectivity index (χ1) is 11.5. The molecule has 9 heteroatoms. The summed E-state index contributed by atoms with van der Waals surface area (Å²) in [6.07, 6.45) is 1.52. The molecule has 3 aromatic rings. The maximum absolute atomic E-state index is 12.9. The summed E-state index contributed by atoms with van der Waals surface area (Å²) in [6.45, 7) is 2.34. The predicted molar refractivity (Wildman–Crippen MR) is 90.7 cm³/mol. The Bertz CT molecular complexity index is 1100. The SMILES string of the molecule is CCn1c(Br)nc2c1c(=O)n(Cc1ncccc1C#N)c(=O)n2C. The number of fused-ring (bicyclic) bond motifs is 1. The van der Waals surface area contributed by atoms with Gasteiger partial charge in [-0.3, -0.25) is 18.9 Å². The second-order valence-corrected chi connectivity index (χ2v) is 5.85. The number of hydrogen-bond donors (Lipinski definition) is 0. The molecule has 0 aromatic carbocycles. The van der Waals surface area contributed by atoms with Gasteiger partial charge in [-0.05, 0) is 35.0 Å². The smallest absolute Gasteiger partial charge is 0.313 e. The van der Waals surface area contributed by atoms with Crippen molar-refractivity contribution < 1.29 is 0 Å².